The summed E-state index contributed by atoms with van der Waals surface area (Å²) in [4.78, 5) is 13.6. The van der Waals surface area contributed by atoms with Gasteiger partial charge >= 0.3 is 0 Å². The summed E-state index contributed by atoms with van der Waals surface area (Å²) < 4.78 is 0. The van der Waals surface area contributed by atoms with Crippen molar-refractivity contribution in [3.8, 4) is 34.6 Å². The second-order valence-corrected chi connectivity index (χ2v) is 5.67. The van der Waals surface area contributed by atoms with Gasteiger partial charge in [-0.1, -0.05) is 42.2 Å². The average Bonchev–Trinajstić information content (AvgIpc) is 2.74. The number of benzene rings is 1. The molecular formula is C23H15N3. The molecule has 0 aliphatic rings. The summed E-state index contributed by atoms with van der Waals surface area (Å²) in [7, 11) is 0. The molecule has 26 heavy (non-hydrogen) atoms. The minimum Gasteiger partial charge on any atom is -0.255 e. The quantitative estimate of drug-likeness (QED) is 0.503. The highest BCUT2D eigenvalue weighted by Crippen LogP contribution is 2.22. The maximum absolute atomic E-state index is 4.74. The zero-order valence-corrected chi connectivity index (χ0v) is 14.0. The van der Waals surface area contributed by atoms with Crippen LogP contribution in [0, 0.1) is 11.8 Å². The monoisotopic (exact) mass is 333 g/mol. The van der Waals surface area contributed by atoms with Gasteiger partial charge in [0, 0.05) is 23.5 Å². The molecule has 3 heteroatoms. The van der Waals surface area contributed by atoms with Gasteiger partial charge in [0.25, 0.3) is 0 Å². The molecule has 4 aromatic rings. The van der Waals surface area contributed by atoms with Crippen molar-refractivity contribution in [2.24, 2.45) is 0 Å². The predicted octanol–water partition coefficient (Wildman–Crippen LogP) is 4.61. The first-order chi connectivity index (χ1) is 12.9. The van der Waals surface area contributed by atoms with Gasteiger partial charge in [-0.15, -0.1) is 0 Å². The molecule has 0 atom stereocenters. The van der Waals surface area contributed by atoms with Gasteiger partial charge in [-0.3, -0.25) is 9.97 Å². The highest BCUT2D eigenvalue weighted by molar-refractivity contribution is 5.65. The third-order valence-corrected chi connectivity index (χ3v) is 3.80. The Morgan fingerprint density at radius 1 is 0.500 bits per heavy atom. The second-order valence-electron chi connectivity index (χ2n) is 5.67. The second kappa shape index (κ2) is 7.42. The largest absolute Gasteiger partial charge is 0.255 e. The molecule has 0 radical (unpaired) electrons. The van der Waals surface area contributed by atoms with Crippen molar-refractivity contribution < 1.29 is 0 Å². The van der Waals surface area contributed by atoms with Crippen LogP contribution in [-0.4, -0.2) is 15.0 Å². The van der Waals surface area contributed by atoms with Crippen LogP contribution in [0.3, 0.4) is 0 Å². The van der Waals surface area contributed by atoms with Crippen LogP contribution in [0.1, 0.15) is 11.1 Å². The topological polar surface area (TPSA) is 38.7 Å². The molecule has 0 spiro atoms. The van der Waals surface area contributed by atoms with Gasteiger partial charge in [0.1, 0.15) is 0 Å². The zero-order chi connectivity index (χ0) is 17.6. The molecule has 0 saturated carbocycles. The van der Waals surface area contributed by atoms with Gasteiger partial charge in [-0.05, 0) is 48.5 Å². The van der Waals surface area contributed by atoms with Crippen molar-refractivity contribution in [3.63, 3.8) is 0 Å². The lowest BCUT2D eigenvalue weighted by atomic mass is 10.1. The number of pyridine rings is 3. The zero-order valence-electron chi connectivity index (χ0n) is 14.0. The lowest BCUT2D eigenvalue weighted by Crippen LogP contribution is -1.93. The molecule has 122 valence electrons. The van der Waals surface area contributed by atoms with Gasteiger partial charge in [0.2, 0.25) is 0 Å². The third kappa shape index (κ3) is 3.66. The molecule has 0 saturated heterocycles. The Balaban J connectivity index is 1.82. The summed E-state index contributed by atoms with van der Waals surface area (Å²) >= 11 is 0. The Morgan fingerprint density at radius 2 is 1.04 bits per heavy atom. The van der Waals surface area contributed by atoms with Crippen LogP contribution in [0.2, 0.25) is 0 Å². The van der Waals surface area contributed by atoms with Crippen LogP contribution < -0.4 is 0 Å². The van der Waals surface area contributed by atoms with Crippen molar-refractivity contribution in [2.75, 3.05) is 0 Å². The summed E-state index contributed by atoms with van der Waals surface area (Å²) in [6.45, 7) is 0. The number of hydrogen-bond acceptors (Lipinski definition) is 3. The van der Waals surface area contributed by atoms with Crippen molar-refractivity contribution in [1.29, 1.82) is 0 Å². The fourth-order valence-electron chi connectivity index (χ4n) is 2.56. The van der Waals surface area contributed by atoms with E-state index < -0.39 is 0 Å². The fraction of sp³-hybridized carbons (Fsp3) is 0. The first-order valence-electron chi connectivity index (χ1n) is 8.30. The van der Waals surface area contributed by atoms with Crippen LogP contribution in [-0.2, 0) is 0 Å². The number of rotatable bonds is 2. The summed E-state index contributed by atoms with van der Waals surface area (Å²) in [6.07, 6.45) is 3.53. The van der Waals surface area contributed by atoms with Crippen molar-refractivity contribution in [1.82, 2.24) is 15.0 Å². The Bertz CT molecular complexity index is 1010. The Hall–Kier alpha value is -3.77. The highest BCUT2D eigenvalue weighted by atomic mass is 14.8. The first-order valence-corrected chi connectivity index (χ1v) is 8.30. The smallest absolute Gasteiger partial charge is 0.0906 e. The van der Waals surface area contributed by atoms with Gasteiger partial charge in [0.05, 0.1) is 22.8 Å². The summed E-state index contributed by atoms with van der Waals surface area (Å²) in [6, 6.07) is 25.4. The molecule has 0 N–H and O–H groups in total. The van der Waals surface area contributed by atoms with E-state index in [2.05, 4.69) is 21.8 Å². The molecule has 0 amide bonds. The van der Waals surface area contributed by atoms with Crippen LogP contribution >= 0.6 is 0 Å². The number of aromatic nitrogens is 3. The molecule has 0 fully saturated rings. The fourth-order valence-corrected chi connectivity index (χ4v) is 2.56. The highest BCUT2D eigenvalue weighted by Gasteiger charge is 2.07. The average molecular weight is 333 g/mol. The molecular weight excluding hydrogens is 318 g/mol. The minimum atomic E-state index is 0.783. The van der Waals surface area contributed by atoms with E-state index in [4.69, 9.17) is 4.98 Å². The third-order valence-electron chi connectivity index (χ3n) is 3.80. The van der Waals surface area contributed by atoms with Crippen molar-refractivity contribution >= 4 is 0 Å². The van der Waals surface area contributed by atoms with E-state index in [-0.39, 0.29) is 0 Å². The van der Waals surface area contributed by atoms with Crippen LogP contribution in [0.25, 0.3) is 22.8 Å². The molecule has 3 heterocycles. The van der Waals surface area contributed by atoms with E-state index in [9.17, 15) is 0 Å². The molecule has 1 aromatic carbocycles. The summed E-state index contributed by atoms with van der Waals surface area (Å²) in [5, 5.41) is 0. The molecule has 3 nitrogen and oxygen atoms in total. The van der Waals surface area contributed by atoms with Gasteiger partial charge in [-0.2, -0.15) is 0 Å². The van der Waals surface area contributed by atoms with Crippen molar-refractivity contribution in [3.05, 3.63) is 102 Å². The predicted molar refractivity (Wildman–Crippen MR) is 103 cm³/mol. The lowest BCUT2D eigenvalue weighted by molar-refractivity contribution is 1.21. The van der Waals surface area contributed by atoms with Gasteiger partial charge in [-0.25, -0.2) is 4.98 Å². The summed E-state index contributed by atoms with van der Waals surface area (Å²) in [5.74, 6) is 6.44. The maximum atomic E-state index is 4.74. The van der Waals surface area contributed by atoms with E-state index in [0.29, 0.717) is 0 Å². The molecule has 0 aliphatic heterocycles. The van der Waals surface area contributed by atoms with Crippen LogP contribution in [0.5, 0.6) is 0 Å². The molecule has 4 rings (SSSR count). The number of nitrogens with zero attached hydrogens (tertiary/aromatic N) is 3. The van der Waals surface area contributed by atoms with E-state index >= 15 is 0 Å². The van der Waals surface area contributed by atoms with Gasteiger partial charge < -0.3 is 0 Å². The maximum Gasteiger partial charge on any atom is 0.0906 e. The Kier molecular flexibility index (Phi) is 4.49. The van der Waals surface area contributed by atoms with Crippen molar-refractivity contribution in [2.45, 2.75) is 0 Å². The van der Waals surface area contributed by atoms with E-state index in [1.165, 1.54) is 0 Å². The van der Waals surface area contributed by atoms with E-state index in [1.54, 1.807) is 12.4 Å². The lowest BCUT2D eigenvalue weighted by Gasteiger charge is -2.05. The summed E-state index contributed by atoms with van der Waals surface area (Å²) in [5.41, 5.74) is 5.05. The van der Waals surface area contributed by atoms with E-state index in [1.807, 2.05) is 78.9 Å². The first kappa shape index (κ1) is 15.7. The van der Waals surface area contributed by atoms with Crippen LogP contribution in [0.4, 0.5) is 0 Å². The Morgan fingerprint density at radius 3 is 1.58 bits per heavy atom. The Labute approximate surface area is 152 Å². The molecule has 3 aromatic heterocycles. The molecule has 0 unspecified atom stereocenters. The molecule has 0 bridgehead atoms. The SMILES string of the molecule is C(#Cc1cc(-c2ccccn2)nc(-c2ccccn2)c1)c1ccccc1. The minimum absolute atomic E-state index is 0.783. The normalized spacial score (nSPS) is 10.0. The van der Waals surface area contributed by atoms with Crippen LogP contribution in [0.15, 0.2) is 91.3 Å². The number of hydrogen-bond donors (Lipinski definition) is 0. The standard InChI is InChI=1S/C23H15N3/c1-2-8-18(9-3-1)12-13-19-16-22(20-10-4-6-14-24-20)26-23(17-19)21-11-5-7-15-25-21/h1-11,14-17H. The van der Waals surface area contributed by atoms with E-state index in [0.717, 1.165) is 33.9 Å². The molecule has 0 aliphatic carbocycles. The van der Waals surface area contributed by atoms with Gasteiger partial charge in [0.15, 0.2) is 0 Å².